The molecule has 0 bridgehead atoms. The van der Waals surface area contributed by atoms with Crippen LogP contribution in [0.3, 0.4) is 0 Å². The summed E-state index contributed by atoms with van der Waals surface area (Å²) >= 11 is 0. The van der Waals surface area contributed by atoms with Crippen molar-refractivity contribution >= 4 is 11.6 Å². The third-order valence-corrected chi connectivity index (χ3v) is 2.30. The van der Waals surface area contributed by atoms with Crippen molar-refractivity contribution in [2.24, 2.45) is 11.8 Å². The molecular formula is C11H20O2. The normalized spacial score (nSPS) is 13.0. The highest BCUT2D eigenvalue weighted by molar-refractivity contribution is 6.00. The van der Waals surface area contributed by atoms with Crippen molar-refractivity contribution in [2.45, 2.75) is 47.0 Å². The fourth-order valence-corrected chi connectivity index (χ4v) is 1.13. The lowest BCUT2D eigenvalue weighted by molar-refractivity contribution is -0.130. The van der Waals surface area contributed by atoms with Crippen LogP contribution in [-0.2, 0) is 9.59 Å². The highest BCUT2D eigenvalue weighted by atomic mass is 16.1. The molecule has 0 aliphatic heterocycles. The van der Waals surface area contributed by atoms with Crippen LogP contribution in [0.2, 0.25) is 0 Å². The minimum Gasteiger partial charge on any atom is -0.299 e. The SMILES string of the molecule is CC(=O)C(C)C(=O)CCCC(C)C. The lowest BCUT2D eigenvalue weighted by Gasteiger charge is -2.07. The van der Waals surface area contributed by atoms with Crippen molar-refractivity contribution in [3.63, 3.8) is 0 Å². The Kier molecular flexibility index (Phi) is 5.60. The van der Waals surface area contributed by atoms with Crippen LogP contribution in [-0.4, -0.2) is 11.6 Å². The number of rotatable bonds is 6. The van der Waals surface area contributed by atoms with Gasteiger partial charge in [-0.2, -0.15) is 0 Å². The molecule has 0 saturated carbocycles. The molecule has 0 fully saturated rings. The van der Waals surface area contributed by atoms with E-state index in [9.17, 15) is 9.59 Å². The zero-order valence-electron chi connectivity index (χ0n) is 9.09. The van der Waals surface area contributed by atoms with Crippen LogP contribution in [0.15, 0.2) is 0 Å². The monoisotopic (exact) mass is 184 g/mol. The van der Waals surface area contributed by atoms with Crippen LogP contribution in [0.25, 0.3) is 0 Å². The van der Waals surface area contributed by atoms with Crippen LogP contribution >= 0.6 is 0 Å². The number of carbonyl (C=O) groups is 2. The predicted molar refractivity (Wildman–Crippen MR) is 53.5 cm³/mol. The first-order valence-corrected chi connectivity index (χ1v) is 4.98. The molecule has 76 valence electrons. The standard InChI is InChI=1S/C11H20O2/c1-8(2)6-5-7-11(13)9(3)10(4)12/h8-9H,5-7H2,1-4H3. The highest BCUT2D eigenvalue weighted by Crippen LogP contribution is 2.10. The summed E-state index contributed by atoms with van der Waals surface area (Å²) in [6.07, 6.45) is 2.53. The maximum absolute atomic E-state index is 11.3. The first-order valence-electron chi connectivity index (χ1n) is 4.98. The number of hydrogen-bond acceptors (Lipinski definition) is 2. The Morgan fingerprint density at radius 2 is 1.69 bits per heavy atom. The molecule has 0 aromatic carbocycles. The maximum atomic E-state index is 11.3. The summed E-state index contributed by atoms with van der Waals surface area (Å²) in [6.45, 7) is 7.45. The Hall–Kier alpha value is -0.660. The van der Waals surface area contributed by atoms with E-state index in [4.69, 9.17) is 0 Å². The molecule has 0 radical (unpaired) electrons. The van der Waals surface area contributed by atoms with Crippen molar-refractivity contribution in [1.82, 2.24) is 0 Å². The summed E-state index contributed by atoms with van der Waals surface area (Å²) in [5.74, 6) is 0.315. The van der Waals surface area contributed by atoms with Gasteiger partial charge in [-0.15, -0.1) is 0 Å². The van der Waals surface area contributed by atoms with Gasteiger partial charge >= 0.3 is 0 Å². The van der Waals surface area contributed by atoms with Crippen molar-refractivity contribution in [3.05, 3.63) is 0 Å². The van der Waals surface area contributed by atoms with Gasteiger partial charge in [-0.05, 0) is 26.2 Å². The Bertz CT molecular complexity index is 183. The second kappa shape index (κ2) is 5.90. The molecule has 0 aromatic heterocycles. The van der Waals surface area contributed by atoms with Crippen LogP contribution in [0, 0.1) is 11.8 Å². The van der Waals surface area contributed by atoms with Crippen LogP contribution in [0.5, 0.6) is 0 Å². The molecule has 2 nitrogen and oxygen atoms in total. The van der Waals surface area contributed by atoms with Gasteiger partial charge in [0, 0.05) is 6.42 Å². The summed E-state index contributed by atoms with van der Waals surface area (Å²) < 4.78 is 0. The van der Waals surface area contributed by atoms with E-state index < -0.39 is 5.92 Å². The Morgan fingerprint density at radius 3 is 2.08 bits per heavy atom. The molecular weight excluding hydrogens is 164 g/mol. The molecule has 0 aliphatic rings. The van der Waals surface area contributed by atoms with Gasteiger partial charge in [0.05, 0.1) is 5.92 Å². The van der Waals surface area contributed by atoms with E-state index in [1.807, 2.05) is 0 Å². The minimum absolute atomic E-state index is 0.0189. The Morgan fingerprint density at radius 1 is 1.15 bits per heavy atom. The quantitative estimate of drug-likeness (QED) is 0.595. The van der Waals surface area contributed by atoms with E-state index in [2.05, 4.69) is 13.8 Å². The molecule has 0 rings (SSSR count). The van der Waals surface area contributed by atoms with Gasteiger partial charge < -0.3 is 0 Å². The minimum atomic E-state index is -0.396. The molecule has 1 atom stereocenters. The average molecular weight is 184 g/mol. The van der Waals surface area contributed by atoms with Crippen LogP contribution < -0.4 is 0 Å². The lowest BCUT2D eigenvalue weighted by atomic mass is 9.96. The number of Topliss-reactive ketones (excluding diaryl/α,β-unsaturated/α-hetero) is 2. The van der Waals surface area contributed by atoms with Crippen molar-refractivity contribution in [1.29, 1.82) is 0 Å². The molecule has 0 amide bonds. The zero-order chi connectivity index (χ0) is 10.4. The summed E-state index contributed by atoms with van der Waals surface area (Å²) in [6, 6.07) is 0. The molecule has 1 unspecified atom stereocenters. The lowest BCUT2D eigenvalue weighted by Crippen LogP contribution is -2.18. The topological polar surface area (TPSA) is 34.1 Å². The summed E-state index contributed by atoms with van der Waals surface area (Å²) in [7, 11) is 0. The molecule has 0 spiro atoms. The average Bonchev–Trinajstić information content (AvgIpc) is 2.02. The van der Waals surface area contributed by atoms with Gasteiger partial charge in [0.15, 0.2) is 0 Å². The first-order chi connectivity index (χ1) is 5.95. The van der Waals surface area contributed by atoms with E-state index in [0.29, 0.717) is 12.3 Å². The molecule has 13 heavy (non-hydrogen) atoms. The van der Waals surface area contributed by atoms with Gasteiger partial charge in [-0.3, -0.25) is 9.59 Å². The van der Waals surface area contributed by atoms with E-state index in [0.717, 1.165) is 12.8 Å². The van der Waals surface area contributed by atoms with E-state index in [1.54, 1.807) is 6.92 Å². The summed E-state index contributed by atoms with van der Waals surface area (Å²) in [5.41, 5.74) is 0. The third-order valence-electron chi connectivity index (χ3n) is 2.30. The first kappa shape index (κ1) is 12.3. The summed E-state index contributed by atoms with van der Waals surface area (Å²) in [4.78, 5) is 22.2. The van der Waals surface area contributed by atoms with Gasteiger partial charge in [0.25, 0.3) is 0 Å². The maximum Gasteiger partial charge on any atom is 0.143 e. The van der Waals surface area contributed by atoms with E-state index in [-0.39, 0.29) is 11.6 Å². The fraction of sp³-hybridized carbons (Fsp3) is 0.818. The smallest absolute Gasteiger partial charge is 0.143 e. The van der Waals surface area contributed by atoms with Gasteiger partial charge in [-0.1, -0.05) is 20.3 Å². The number of ketones is 2. The van der Waals surface area contributed by atoms with E-state index >= 15 is 0 Å². The van der Waals surface area contributed by atoms with Crippen molar-refractivity contribution in [2.75, 3.05) is 0 Å². The molecule has 2 heteroatoms. The number of hydrogen-bond donors (Lipinski definition) is 0. The Balaban J connectivity index is 3.69. The zero-order valence-corrected chi connectivity index (χ0v) is 9.09. The van der Waals surface area contributed by atoms with Gasteiger partial charge in [0.1, 0.15) is 11.6 Å². The molecule has 0 aromatic rings. The molecule has 0 heterocycles. The van der Waals surface area contributed by atoms with Crippen molar-refractivity contribution < 1.29 is 9.59 Å². The second-order valence-corrected chi connectivity index (χ2v) is 4.08. The van der Waals surface area contributed by atoms with Crippen molar-refractivity contribution in [3.8, 4) is 0 Å². The number of carbonyl (C=O) groups excluding carboxylic acids is 2. The third kappa shape index (κ3) is 5.56. The van der Waals surface area contributed by atoms with Crippen LogP contribution in [0.1, 0.15) is 47.0 Å². The molecule has 0 N–H and O–H groups in total. The highest BCUT2D eigenvalue weighted by Gasteiger charge is 2.16. The van der Waals surface area contributed by atoms with Gasteiger partial charge in [0.2, 0.25) is 0 Å². The largest absolute Gasteiger partial charge is 0.299 e. The fourth-order valence-electron chi connectivity index (χ4n) is 1.13. The molecule has 0 aliphatic carbocycles. The molecule has 0 saturated heterocycles. The predicted octanol–water partition coefficient (Wildman–Crippen LogP) is 2.61. The second-order valence-electron chi connectivity index (χ2n) is 4.08. The van der Waals surface area contributed by atoms with Crippen LogP contribution in [0.4, 0.5) is 0 Å². The Labute approximate surface area is 80.7 Å². The van der Waals surface area contributed by atoms with E-state index in [1.165, 1.54) is 6.92 Å². The van der Waals surface area contributed by atoms with Gasteiger partial charge in [-0.25, -0.2) is 0 Å². The summed E-state index contributed by atoms with van der Waals surface area (Å²) in [5, 5.41) is 0.